The van der Waals surface area contributed by atoms with Gasteiger partial charge in [0.15, 0.2) is 0 Å². The Morgan fingerprint density at radius 2 is 2.11 bits per heavy atom. The van der Waals surface area contributed by atoms with Crippen LogP contribution in [0.4, 0.5) is 5.82 Å². The molecule has 0 spiro atoms. The summed E-state index contributed by atoms with van der Waals surface area (Å²) in [6.07, 6.45) is 1.68. The van der Waals surface area contributed by atoms with Crippen molar-refractivity contribution in [3.05, 3.63) is 55.7 Å². The van der Waals surface area contributed by atoms with Crippen LogP contribution in [0, 0.1) is 10.5 Å². The summed E-state index contributed by atoms with van der Waals surface area (Å²) in [7, 11) is 0. The fraction of sp³-hybridized carbons (Fsp3) is 0.0769. The molecular weight excluding hydrogens is 407 g/mol. The van der Waals surface area contributed by atoms with E-state index in [0.717, 1.165) is 13.6 Å². The van der Waals surface area contributed by atoms with Crippen molar-refractivity contribution >= 4 is 50.2 Å². The topological polar surface area (TPSA) is 42.0 Å². The Hall–Kier alpha value is -0.950. The van der Waals surface area contributed by atoms with Crippen molar-refractivity contribution in [2.75, 3.05) is 5.32 Å². The number of carbonyl (C=O) groups excluding carboxylic acids is 1. The van der Waals surface area contributed by atoms with Gasteiger partial charge < -0.3 is 5.32 Å². The zero-order valence-corrected chi connectivity index (χ0v) is 13.3. The Morgan fingerprint density at radius 3 is 2.83 bits per heavy atom. The first-order valence-corrected chi connectivity index (χ1v) is 7.12. The fourth-order valence-corrected chi connectivity index (χ4v) is 2.40. The van der Waals surface area contributed by atoms with E-state index in [2.05, 4.69) is 48.8 Å². The van der Waals surface area contributed by atoms with E-state index in [1.54, 1.807) is 12.3 Å². The Balaban J connectivity index is 2.24. The third-order valence-electron chi connectivity index (χ3n) is 2.33. The molecule has 0 atom stereocenters. The highest BCUT2D eigenvalue weighted by molar-refractivity contribution is 14.1. The summed E-state index contributed by atoms with van der Waals surface area (Å²) in [4.78, 5) is 16.2. The molecule has 0 fully saturated rings. The summed E-state index contributed by atoms with van der Waals surface area (Å²) in [5.74, 6) is 0.412. The van der Waals surface area contributed by atoms with Gasteiger partial charge in [-0.3, -0.25) is 4.79 Å². The summed E-state index contributed by atoms with van der Waals surface area (Å²) in [5.41, 5.74) is 1.69. The lowest BCUT2D eigenvalue weighted by molar-refractivity contribution is 0.102. The number of nitrogens with one attached hydrogen (secondary N) is 1. The predicted octanol–water partition coefficient (Wildman–Crippen LogP) is 4.01. The maximum Gasteiger partial charge on any atom is 0.257 e. The van der Waals surface area contributed by atoms with Gasteiger partial charge in [0.25, 0.3) is 5.91 Å². The van der Waals surface area contributed by atoms with Gasteiger partial charge in [0.1, 0.15) is 5.82 Å². The number of benzene rings is 1. The zero-order chi connectivity index (χ0) is 13.1. The van der Waals surface area contributed by atoms with Crippen LogP contribution in [0.2, 0.25) is 0 Å². The Morgan fingerprint density at radius 1 is 1.33 bits per heavy atom. The van der Waals surface area contributed by atoms with Crippen LogP contribution in [-0.4, -0.2) is 10.9 Å². The second-order valence-electron chi connectivity index (χ2n) is 3.80. The number of anilines is 1. The standard InChI is InChI=1S/C13H10BrIN2O/c1-8-4-5-16-12(6-8)17-13(18)10-7-9(14)2-3-11(10)15/h2-7H,1H3,(H,16,17,18). The summed E-state index contributed by atoms with van der Waals surface area (Å²) in [6, 6.07) is 9.32. The summed E-state index contributed by atoms with van der Waals surface area (Å²) in [6.45, 7) is 1.96. The monoisotopic (exact) mass is 416 g/mol. The first-order chi connectivity index (χ1) is 8.56. The van der Waals surface area contributed by atoms with E-state index in [9.17, 15) is 4.79 Å². The molecule has 18 heavy (non-hydrogen) atoms. The minimum absolute atomic E-state index is 0.154. The Labute approximate surface area is 127 Å². The van der Waals surface area contributed by atoms with E-state index in [4.69, 9.17) is 0 Å². The van der Waals surface area contributed by atoms with Crippen LogP contribution in [0.3, 0.4) is 0 Å². The van der Waals surface area contributed by atoms with Gasteiger partial charge in [0.05, 0.1) is 5.56 Å². The van der Waals surface area contributed by atoms with Gasteiger partial charge >= 0.3 is 0 Å². The molecule has 0 saturated carbocycles. The second-order valence-corrected chi connectivity index (χ2v) is 5.87. The van der Waals surface area contributed by atoms with Crippen molar-refractivity contribution < 1.29 is 4.79 Å². The van der Waals surface area contributed by atoms with Crippen molar-refractivity contribution in [1.29, 1.82) is 0 Å². The number of aromatic nitrogens is 1. The van der Waals surface area contributed by atoms with E-state index in [1.807, 2.05) is 31.2 Å². The fourth-order valence-electron chi connectivity index (χ4n) is 1.46. The first-order valence-electron chi connectivity index (χ1n) is 5.25. The lowest BCUT2D eigenvalue weighted by atomic mass is 10.2. The smallest absolute Gasteiger partial charge is 0.257 e. The lowest BCUT2D eigenvalue weighted by Gasteiger charge is -2.07. The zero-order valence-electron chi connectivity index (χ0n) is 9.58. The highest BCUT2D eigenvalue weighted by Gasteiger charge is 2.11. The van der Waals surface area contributed by atoms with Crippen LogP contribution in [0.25, 0.3) is 0 Å². The molecule has 1 aromatic carbocycles. The number of halogens is 2. The Bertz CT molecular complexity index is 601. The molecular formula is C13H10BrIN2O. The van der Waals surface area contributed by atoms with Crippen LogP contribution in [0.15, 0.2) is 41.0 Å². The average Bonchev–Trinajstić information content (AvgIpc) is 2.32. The van der Waals surface area contributed by atoms with Crippen LogP contribution in [-0.2, 0) is 0 Å². The molecule has 0 unspecified atom stereocenters. The van der Waals surface area contributed by atoms with Crippen LogP contribution in [0.1, 0.15) is 15.9 Å². The molecule has 0 aliphatic carbocycles. The summed E-state index contributed by atoms with van der Waals surface area (Å²) < 4.78 is 1.78. The van der Waals surface area contributed by atoms with E-state index in [0.29, 0.717) is 11.4 Å². The summed E-state index contributed by atoms with van der Waals surface area (Å²) >= 11 is 5.50. The Kier molecular flexibility index (Phi) is 4.34. The molecule has 2 aromatic rings. The van der Waals surface area contributed by atoms with E-state index < -0.39 is 0 Å². The van der Waals surface area contributed by atoms with Gasteiger partial charge in [-0.15, -0.1) is 0 Å². The van der Waals surface area contributed by atoms with Crippen LogP contribution < -0.4 is 5.32 Å². The van der Waals surface area contributed by atoms with Gasteiger partial charge in [-0.05, 0) is 65.4 Å². The normalized spacial score (nSPS) is 10.2. The first kappa shape index (κ1) is 13.5. The minimum Gasteiger partial charge on any atom is -0.307 e. The van der Waals surface area contributed by atoms with Crippen molar-refractivity contribution in [3.8, 4) is 0 Å². The van der Waals surface area contributed by atoms with Crippen molar-refractivity contribution in [3.63, 3.8) is 0 Å². The van der Waals surface area contributed by atoms with Crippen LogP contribution >= 0.6 is 38.5 Å². The molecule has 0 aliphatic rings. The third kappa shape index (κ3) is 3.29. The molecule has 3 nitrogen and oxygen atoms in total. The van der Waals surface area contributed by atoms with Crippen molar-refractivity contribution in [1.82, 2.24) is 4.98 Å². The average molecular weight is 417 g/mol. The van der Waals surface area contributed by atoms with Crippen molar-refractivity contribution in [2.45, 2.75) is 6.92 Å². The molecule has 0 saturated heterocycles. The van der Waals surface area contributed by atoms with E-state index in [1.165, 1.54) is 0 Å². The molecule has 0 bridgehead atoms. The lowest BCUT2D eigenvalue weighted by Crippen LogP contribution is -2.14. The second kappa shape index (κ2) is 5.79. The largest absolute Gasteiger partial charge is 0.307 e. The molecule has 2 rings (SSSR count). The third-order valence-corrected chi connectivity index (χ3v) is 3.76. The maximum absolute atomic E-state index is 12.1. The van der Waals surface area contributed by atoms with Crippen LogP contribution in [0.5, 0.6) is 0 Å². The molecule has 5 heteroatoms. The number of hydrogen-bond acceptors (Lipinski definition) is 2. The van der Waals surface area contributed by atoms with E-state index >= 15 is 0 Å². The molecule has 1 aromatic heterocycles. The SMILES string of the molecule is Cc1ccnc(NC(=O)c2cc(Br)ccc2I)c1. The molecule has 1 heterocycles. The van der Waals surface area contributed by atoms with Gasteiger partial charge in [-0.1, -0.05) is 15.9 Å². The van der Waals surface area contributed by atoms with Gasteiger partial charge in [-0.2, -0.15) is 0 Å². The molecule has 92 valence electrons. The minimum atomic E-state index is -0.154. The predicted molar refractivity (Wildman–Crippen MR) is 83.8 cm³/mol. The van der Waals surface area contributed by atoms with Crippen molar-refractivity contribution in [2.24, 2.45) is 0 Å². The highest BCUT2D eigenvalue weighted by atomic mass is 127. The number of rotatable bonds is 2. The van der Waals surface area contributed by atoms with Gasteiger partial charge in [-0.25, -0.2) is 4.98 Å². The maximum atomic E-state index is 12.1. The van der Waals surface area contributed by atoms with Gasteiger partial charge in [0.2, 0.25) is 0 Å². The number of pyridine rings is 1. The molecule has 0 radical (unpaired) electrons. The molecule has 0 aliphatic heterocycles. The molecule has 1 amide bonds. The summed E-state index contributed by atoms with van der Waals surface area (Å²) in [5, 5.41) is 2.79. The quantitative estimate of drug-likeness (QED) is 0.751. The number of carbonyl (C=O) groups is 1. The molecule has 1 N–H and O–H groups in total. The number of aryl methyl sites for hydroxylation is 1. The van der Waals surface area contributed by atoms with E-state index in [-0.39, 0.29) is 5.91 Å². The number of nitrogens with zero attached hydrogens (tertiary/aromatic N) is 1. The van der Waals surface area contributed by atoms with Gasteiger partial charge in [0, 0.05) is 14.2 Å². The number of amides is 1. The number of hydrogen-bond donors (Lipinski definition) is 1. The highest BCUT2D eigenvalue weighted by Crippen LogP contribution is 2.19.